The van der Waals surface area contributed by atoms with E-state index in [1.807, 2.05) is 0 Å². The first-order valence-corrected chi connectivity index (χ1v) is 5.45. The lowest BCUT2D eigenvalue weighted by molar-refractivity contribution is -0.144. The summed E-state index contributed by atoms with van der Waals surface area (Å²) in [5, 5.41) is 14.3. The Kier molecular flexibility index (Phi) is 3.93. The Hall–Kier alpha value is -1.52. The van der Waals surface area contributed by atoms with Crippen LogP contribution >= 0.6 is 0 Å². The van der Waals surface area contributed by atoms with Crippen LogP contribution < -0.4 is 10.6 Å². The Balaban J connectivity index is 2.59. The molecule has 0 aromatic heterocycles. The van der Waals surface area contributed by atoms with Crippen molar-refractivity contribution in [3.8, 4) is 0 Å². The van der Waals surface area contributed by atoms with Gasteiger partial charge in [-0.25, -0.2) is 9.59 Å². The summed E-state index contributed by atoms with van der Waals surface area (Å²) in [7, 11) is 0. The number of rotatable bonds is 4. The first kappa shape index (κ1) is 12.5. The predicted octanol–water partition coefficient (Wildman–Crippen LogP) is 1.26. The van der Waals surface area contributed by atoms with E-state index in [4.69, 9.17) is 5.11 Å². The minimum Gasteiger partial charge on any atom is -0.480 e. The molecule has 0 aromatic carbocycles. The molecule has 3 N–H and O–H groups in total. The molecular weight excluding hydrogens is 208 g/mol. The van der Waals surface area contributed by atoms with Crippen LogP contribution in [0.1, 0.15) is 32.6 Å². The summed E-state index contributed by atoms with van der Waals surface area (Å²) >= 11 is 0. The van der Waals surface area contributed by atoms with Gasteiger partial charge in [-0.1, -0.05) is 18.9 Å². The number of hydrogen-bond donors (Lipinski definition) is 3. The molecule has 1 aliphatic carbocycles. The van der Waals surface area contributed by atoms with Gasteiger partial charge >= 0.3 is 12.0 Å². The second-order valence-electron chi connectivity index (χ2n) is 4.22. The fraction of sp³-hybridized carbons (Fsp3) is 0.636. The fourth-order valence-electron chi connectivity index (χ4n) is 1.89. The van der Waals surface area contributed by atoms with Gasteiger partial charge < -0.3 is 15.7 Å². The zero-order valence-corrected chi connectivity index (χ0v) is 9.45. The third kappa shape index (κ3) is 2.74. The summed E-state index contributed by atoms with van der Waals surface area (Å²) in [4.78, 5) is 22.7. The largest absolute Gasteiger partial charge is 0.480 e. The zero-order valence-electron chi connectivity index (χ0n) is 9.45. The molecule has 1 atom stereocenters. The normalized spacial score (nSPS) is 19.8. The van der Waals surface area contributed by atoms with Crippen LogP contribution in [0.25, 0.3) is 0 Å². The number of carbonyl (C=O) groups excluding carboxylic acids is 1. The molecular formula is C11H18N2O3. The number of urea groups is 1. The van der Waals surface area contributed by atoms with E-state index in [1.54, 1.807) is 13.0 Å². The van der Waals surface area contributed by atoms with Gasteiger partial charge in [0, 0.05) is 6.04 Å². The van der Waals surface area contributed by atoms with Crippen LogP contribution in [-0.4, -0.2) is 28.7 Å². The SMILES string of the molecule is C=CC(C)NC(=O)NC1(C(=O)O)CCCC1. The first-order chi connectivity index (χ1) is 7.50. The molecule has 0 bridgehead atoms. The van der Waals surface area contributed by atoms with E-state index in [1.165, 1.54) is 0 Å². The molecule has 16 heavy (non-hydrogen) atoms. The monoisotopic (exact) mass is 226 g/mol. The molecule has 1 aliphatic rings. The van der Waals surface area contributed by atoms with Crippen molar-refractivity contribution in [2.75, 3.05) is 0 Å². The minimum absolute atomic E-state index is 0.174. The van der Waals surface area contributed by atoms with E-state index in [9.17, 15) is 9.59 Å². The van der Waals surface area contributed by atoms with Gasteiger partial charge in [0.15, 0.2) is 0 Å². The van der Waals surface area contributed by atoms with Gasteiger partial charge in [-0.05, 0) is 19.8 Å². The third-order valence-corrected chi connectivity index (χ3v) is 2.93. The molecule has 0 heterocycles. The summed E-state index contributed by atoms with van der Waals surface area (Å²) in [6, 6.07) is -0.621. The second-order valence-corrected chi connectivity index (χ2v) is 4.22. The summed E-state index contributed by atoms with van der Waals surface area (Å²) in [5.41, 5.74) is -1.08. The van der Waals surface area contributed by atoms with Crippen LogP contribution in [0.15, 0.2) is 12.7 Å². The quantitative estimate of drug-likeness (QED) is 0.631. The third-order valence-electron chi connectivity index (χ3n) is 2.93. The van der Waals surface area contributed by atoms with Crippen LogP contribution in [0.3, 0.4) is 0 Å². The van der Waals surface area contributed by atoms with E-state index in [0.717, 1.165) is 12.8 Å². The molecule has 2 amide bonds. The lowest BCUT2D eigenvalue weighted by atomic mass is 9.98. The van der Waals surface area contributed by atoms with Gasteiger partial charge in [-0.2, -0.15) is 0 Å². The summed E-state index contributed by atoms with van der Waals surface area (Å²) in [5.74, 6) is -0.952. The number of nitrogens with one attached hydrogen (secondary N) is 2. The summed E-state index contributed by atoms with van der Waals surface area (Å²) in [6.07, 6.45) is 4.26. The minimum atomic E-state index is -1.08. The fourth-order valence-corrected chi connectivity index (χ4v) is 1.89. The predicted molar refractivity (Wildman–Crippen MR) is 60.2 cm³/mol. The van der Waals surface area contributed by atoms with Crippen LogP contribution in [0.5, 0.6) is 0 Å². The Labute approximate surface area is 94.9 Å². The molecule has 90 valence electrons. The maximum Gasteiger partial charge on any atom is 0.329 e. The average Bonchev–Trinajstić information content (AvgIpc) is 2.67. The Bertz CT molecular complexity index is 296. The van der Waals surface area contributed by atoms with E-state index in [0.29, 0.717) is 12.8 Å². The Morgan fingerprint density at radius 1 is 1.44 bits per heavy atom. The van der Waals surface area contributed by atoms with Gasteiger partial charge in [-0.15, -0.1) is 6.58 Å². The number of hydrogen-bond acceptors (Lipinski definition) is 2. The maximum atomic E-state index is 11.5. The molecule has 0 spiro atoms. The first-order valence-electron chi connectivity index (χ1n) is 5.45. The number of carboxylic acid groups (broad SMARTS) is 1. The Morgan fingerprint density at radius 3 is 2.44 bits per heavy atom. The van der Waals surface area contributed by atoms with Gasteiger partial charge in [-0.3, -0.25) is 0 Å². The van der Waals surface area contributed by atoms with Crippen molar-refractivity contribution in [3.05, 3.63) is 12.7 Å². The van der Waals surface area contributed by atoms with Gasteiger partial charge in [0.25, 0.3) is 0 Å². The zero-order chi connectivity index (χ0) is 12.2. The standard InChI is InChI=1S/C11H18N2O3/c1-3-8(2)12-10(16)13-11(9(14)15)6-4-5-7-11/h3,8H,1,4-7H2,2H3,(H,14,15)(H2,12,13,16). The number of aliphatic carboxylic acids is 1. The molecule has 1 fully saturated rings. The number of amides is 2. The molecule has 0 radical (unpaired) electrons. The highest BCUT2D eigenvalue weighted by Crippen LogP contribution is 2.29. The van der Waals surface area contributed by atoms with Crippen molar-refractivity contribution in [2.45, 2.75) is 44.2 Å². The van der Waals surface area contributed by atoms with Crippen molar-refractivity contribution >= 4 is 12.0 Å². The highest BCUT2D eigenvalue weighted by Gasteiger charge is 2.42. The summed E-state index contributed by atoms with van der Waals surface area (Å²) in [6.45, 7) is 5.31. The van der Waals surface area contributed by atoms with Crippen molar-refractivity contribution in [1.82, 2.24) is 10.6 Å². The molecule has 5 heteroatoms. The molecule has 0 saturated heterocycles. The molecule has 1 rings (SSSR count). The molecule has 1 unspecified atom stereocenters. The van der Waals surface area contributed by atoms with Gasteiger partial charge in [0.05, 0.1) is 0 Å². The second kappa shape index (κ2) is 5.01. The molecule has 1 saturated carbocycles. The molecule has 5 nitrogen and oxygen atoms in total. The topological polar surface area (TPSA) is 78.4 Å². The highest BCUT2D eigenvalue weighted by molar-refractivity contribution is 5.86. The van der Waals surface area contributed by atoms with Crippen molar-refractivity contribution in [1.29, 1.82) is 0 Å². The van der Waals surface area contributed by atoms with Crippen molar-refractivity contribution < 1.29 is 14.7 Å². The number of carbonyl (C=O) groups is 2. The van der Waals surface area contributed by atoms with Crippen LogP contribution in [0.4, 0.5) is 4.79 Å². The maximum absolute atomic E-state index is 11.5. The van der Waals surface area contributed by atoms with Crippen LogP contribution in [-0.2, 0) is 4.79 Å². The van der Waals surface area contributed by atoms with Crippen molar-refractivity contribution in [2.24, 2.45) is 0 Å². The van der Waals surface area contributed by atoms with Crippen molar-refractivity contribution in [3.63, 3.8) is 0 Å². The van der Waals surface area contributed by atoms with Gasteiger partial charge in [0.2, 0.25) is 0 Å². The molecule has 0 aromatic rings. The van der Waals surface area contributed by atoms with Gasteiger partial charge in [0.1, 0.15) is 5.54 Å². The van der Waals surface area contributed by atoms with Crippen LogP contribution in [0, 0.1) is 0 Å². The highest BCUT2D eigenvalue weighted by atomic mass is 16.4. The van der Waals surface area contributed by atoms with E-state index in [-0.39, 0.29) is 6.04 Å². The van der Waals surface area contributed by atoms with E-state index < -0.39 is 17.5 Å². The van der Waals surface area contributed by atoms with Crippen LogP contribution in [0.2, 0.25) is 0 Å². The average molecular weight is 226 g/mol. The lowest BCUT2D eigenvalue weighted by Crippen LogP contribution is -2.56. The van der Waals surface area contributed by atoms with E-state index >= 15 is 0 Å². The molecule has 0 aliphatic heterocycles. The summed E-state index contributed by atoms with van der Waals surface area (Å²) < 4.78 is 0. The smallest absolute Gasteiger partial charge is 0.329 e. The Morgan fingerprint density at radius 2 is 2.00 bits per heavy atom. The van der Waals surface area contributed by atoms with E-state index in [2.05, 4.69) is 17.2 Å². The number of carboxylic acids is 1. The lowest BCUT2D eigenvalue weighted by Gasteiger charge is -2.26.